The molecule has 0 amide bonds. The maximum Gasteiger partial charge on any atom is 0.128 e. The topological polar surface area (TPSA) is 61.3 Å². The van der Waals surface area contributed by atoms with Crippen LogP contribution in [-0.4, -0.2) is 12.1 Å². The minimum absolute atomic E-state index is 0.119. The minimum atomic E-state index is -0.119. The van der Waals surface area contributed by atoms with E-state index >= 15 is 0 Å². The Balaban J connectivity index is 2.28. The van der Waals surface area contributed by atoms with Crippen LogP contribution in [0.5, 0.6) is 5.75 Å². The molecule has 2 N–H and O–H groups in total. The summed E-state index contributed by atoms with van der Waals surface area (Å²) in [6.45, 7) is 7.89. The normalized spacial score (nSPS) is 12.5. The van der Waals surface area contributed by atoms with Gasteiger partial charge in [-0.05, 0) is 33.8 Å². The summed E-state index contributed by atoms with van der Waals surface area (Å²) in [6.07, 6.45) is 2.50. The molecule has 0 fully saturated rings. The van der Waals surface area contributed by atoms with Gasteiger partial charge in [0.15, 0.2) is 0 Å². The van der Waals surface area contributed by atoms with E-state index in [1.807, 2.05) is 40.0 Å². The number of hydrogen-bond acceptors (Lipinski definition) is 4. The average Bonchev–Trinajstić information content (AvgIpc) is 2.73. The highest BCUT2D eigenvalue weighted by atomic mass is 16.5. The van der Waals surface area contributed by atoms with Gasteiger partial charge in [-0.25, -0.2) is 0 Å². The van der Waals surface area contributed by atoms with E-state index in [0.717, 1.165) is 39.7 Å². The Labute approximate surface area is 120 Å². The molecule has 1 unspecified atom stereocenters. The van der Waals surface area contributed by atoms with Crippen LogP contribution in [0.25, 0.3) is 0 Å². The van der Waals surface area contributed by atoms with E-state index in [1.54, 1.807) is 7.11 Å². The Morgan fingerprint density at radius 1 is 1.30 bits per heavy atom. The van der Waals surface area contributed by atoms with Crippen molar-refractivity contribution in [1.82, 2.24) is 4.98 Å². The van der Waals surface area contributed by atoms with E-state index in [1.165, 1.54) is 0 Å². The molecule has 4 heteroatoms. The number of hydrogen-bond donors (Lipinski definition) is 1. The lowest BCUT2D eigenvalue weighted by atomic mass is 9.99. The fourth-order valence-electron chi connectivity index (χ4n) is 2.61. The van der Waals surface area contributed by atoms with E-state index in [4.69, 9.17) is 14.9 Å². The summed E-state index contributed by atoms with van der Waals surface area (Å²) in [5, 5.41) is 0. The van der Waals surface area contributed by atoms with Crippen LogP contribution >= 0.6 is 0 Å². The quantitative estimate of drug-likeness (QED) is 0.930. The number of aromatic nitrogens is 1. The molecular weight excluding hydrogens is 252 g/mol. The van der Waals surface area contributed by atoms with Gasteiger partial charge >= 0.3 is 0 Å². The summed E-state index contributed by atoms with van der Waals surface area (Å²) in [5.74, 6) is 2.66. The van der Waals surface area contributed by atoms with E-state index < -0.39 is 0 Å². The second-order valence-electron chi connectivity index (χ2n) is 5.23. The first-order valence-electron chi connectivity index (χ1n) is 6.75. The van der Waals surface area contributed by atoms with Crippen LogP contribution in [0.15, 0.2) is 16.7 Å². The van der Waals surface area contributed by atoms with E-state index in [2.05, 4.69) is 4.98 Å². The summed E-state index contributed by atoms with van der Waals surface area (Å²) in [7, 11) is 1.68. The molecule has 2 heterocycles. The minimum Gasteiger partial charge on any atom is -0.496 e. The number of furan rings is 1. The summed E-state index contributed by atoms with van der Waals surface area (Å²) in [5.41, 5.74) is 10.4. The molecule has 0 saturated heterocycles. The number of aryl methyl sites for hydroxylation is 3. The smallest absolute Gasteiger partial charge is 0.128 e. The zero-order valence-corrected chi connectivity index (χ0v) is 12.8. The van der Waals surface area contributed by atoms with Crippen LogP contribution in [0.3, 0.4) is 0 Å². The summed E-state index contributed by atoms with van der Waals surface area (Å²) in [6, 6.07) is 1.88. The molecule has 0 saturated carbocycles. The lowest BCUT2D eigenvalue weighted by molar-refractivity contribution is 0.406. The lowest BCUT2D eigenvalue weighted by Crippen LogP contribution is -2.15. The third-order valence-corrected chi connectivity index (χ3v) is 3.64. The molecule has 2 aromatic rings. The van der Waals surface area contributed by atoms with Gasteiger partial charge in [0, 0.05) is 41.0 Å². The van der Waals surface area contributed by atoms with Crippen molar-refractivity contribution in [3.63, 3.8) is 0 Å². The number of ether oxygens (including phenoxy) is 1. The highest BCUT2D eigenvalue weighted by Gasteiger charge is 2.17. The molecule has 2 aromatic heterocycles. The molecule has 4 nitrogen and oxygen atoms in total. The van der Waals surface area contributed by atoms with Crippen molar-refractivity contribution in [3.05, 3.63) is 46.2 Å². The van der Waals surface area contributed by atoms with E-state index in [-0.39, 0.29) is 6.04 Å². The van der Waals surface area contributed by atoms with Gasteiger partial charge in [0.2, 0.25) is 0 Å². The van der Waals surface area contributed by atoms with Crippen molar-refractivity contribution in [2.24, 2.45) is 5.73 Å². The van der Waals surface area contributed by atoms with Crippen molar-refractivity contribution >= 4 is 0 Å². The van der Waals surface area contributed by atoms with Gasteiger partial charge in [-0.2, -0.15) is 0 Å². The van der Waals surface area contributed by atoms with Crippen molar-refractivity contribution in [3.8, 4) is 5.75 Å². The Bertz CT molecular complexity index is 617. The van der Waals surface area contributed by atoms with Crippen LogP contribution in [0.4, 0.5) is 0 Å². The molecule has 1 atom stereocenters. The maximum absolute atomic E-state index is 6.30. The van der Waals surface area contributed by atoms with E-state index in [0.29, 0.717) is 6.42 Å². The first-order valence-corrected chi connectivity index (χ1v) is 6.75. The van der Waals surface area contributed by atoms with Crippen LogP contribution in [0.1, 0.15) is 39.9 Å². The average molecular weight is 274 g/mol. The van der Waals surface area contributed by atoms with Gasteiger partial charge in [-0.3, -0.25) is 4.98 Å². The molecule has 0 spiro atoms. The second-order valence-corrected chi connectivity index (χ2v) is 5.23. The predicted octanol–water partition coefficient (Wildman–Crippen LogP) is 3.16. The second kappa shape index (κ2) is 5.67. The fourth-order valence-corrected chi connectivity index (χ4v) is 2.61. The molecule has 108 valence electrons. The largest absolute Gasteiger partial charge is 0.496 e. The summed E-state index contributed by atoms with van der Waals surface area (Å²) >= 11 is 0. The van der Waals surface area contributed by atoms with Crippen LogP contribution < -0.4 is 10.5 Å². The number of nitrogens with zero attached hydrogens (tertiary/aromatic N) is 1. The molecule has 0 radical (unpaired) electrons. The Hall–Kier alpha value is -1.81. The van der Waals surface area contributed by atoms with Crippen LogP contribution in [0, 0.1) is 27.7 Å². The third kappa shape index (κ3) is 2.70. The summed E-state index contributed by atoms with van der Waals surface area (Å²) < 4.78 is 11.0. The molecule has 0 aromatic carbocycles. The molecule has 0 bridgehead atoms. The lowest BCUT2D eigenvalue weighted by Gasteiger charge is -2.15. The zero-order valence-electron chi connectivity index (χ0n) is 12.8. The number of methoxy groups -OCH3 is 1. The highest BCUT2D eigenvalue weighted by molar-refractivity contribution is 5.41. The molecule has 0 aliphatic carbocycles. The Morgan fingerprint density at radius 2 is 2.00 bits per heavy atom. The first-order chi connectivity index (χ1) is 9.43. The van der Waals surface area contributed by atoms with Crippen LogP contribution in [-0.2, 0) is 6.42 Å². The van der Waals surface area contributed by atoms with Crippen LogP contribution in [0.2, 0.25) is 0 Å². The van der Waals surface area contributed by atoms with Gasteiger partial charge < -0.3 is 14.9 Å². The number of nitrogens with two attached hydrogens (primary N) is 1. The predicted molar refractivity (Wildman–Crippen MR) is 79.1 cm³/mol. The fraction of sp³-hybridized carbons (Fsp3) is 0.438. The van der Waals surface area contributed by atoms with Gasteiger partial charge in [-0.1, -0.05) is 0 Å². The van der Waals surface area contributed by atoms with Crippen molar-refractivity contribution < 1.29 is 9.15 Å². The zero-order chi connectivity index (χ0) is 14.9. The molecule has 2 rings (SSSR count). The van der Waals surface area contributed by atoms with Gasteiger partial charge in [0.25, 0.3) is 0 Å². The van der Waals surface area contributed by atoms with Gasteiger partial charge in [0.05, 0.1) is 7.11 Å². The highest BCUT2D eigenvalue weighted by Crippen LogP contribution is 2.28. The third-order valence-electron chi connectivity index (χ3n) is 3.64. The van der Waals surface area contributed by atoms with Gasteiger partial charge in [0.1, 0.15) is 17.3 Å². The molecule has 0 aliphatic heterocycles. The number of rotatable bonds is 4. The molecule has 20 heavy (non-hydrogen) atoms. The number of pyridine rings is 1. The standard InChI is InChI=1S/C16H22N2O2/c1-9-8-18-15(11(3)16(9)19-5)7-14(17)13-6-10(2)20-12(13)4/h6,8,14H,7,17H2,1-5H3. The Morgan fingerprint density at radius 3 is 2.55 bits per heavy atom. The summed E-state index contributed by atoms with van der Waals surface area (Å²) in [4.78, 5) is 4.50. The first kappa shape index (κ1) is 14.6. The molecular formula is C16H22N2O2. The monoisotopic (exact) mass is 274 g/mol. The maximum atomic E-state index is 6.30. The molecule has 0 aliphatic rings. The van der Waals surface area contributed by atoms with Crippen molar-refractivity contribution in [1.29, 1.82) is 0 Å². The van der Waals surface area contributed by atoms with Crippen molar-refractivity contribution in [2.45, 2.75) is 40.2 Å². The Kier molecular flexibility index (Phi) is 4.14. The van der Waals surface area contributed by atoms with Gasteiger partial charge in [-0.15, -0.1) is 0 Å². The SMILES string of the molecule is COc1c(C)cnc(CC(N)c2cc(C)oc2C)c1C. The van der Waals surface area contributed by atoms with Crippen molar-refractivity contribution in [2.75, 3.05) is 7.11 Å². The van der Waals surface area contributed by atoms with E-state index in [9.17, 15) is 0 Å².